The summed E-state index contributed by atoms with van der Waals surface area (Å²) in [6, 6.07) is -0.973. The van der Waals surface area contributed by atoms with Crippen molar-refractivity contribution in [3.63, 3.8) is 0 Å². The molecule has 1 saturated carbocycles. The molecule has 3 rings (SSSR count). The summed E-state index contributed by atoms with van der Waals surface area (Å²) in [6.45, 7) is 0.305. The second-order valence-corrected chi connectivity index (χ2v) is 5.16. The molecule has 17 heavy (non-hydrogen) atoms. The third-order valence-corrected chi connectivity index (χ3v) is 3.82. The molecule has 4 nitrogen and oxygen atoms in total. The van der Waals surface area contributed by atoms with Crippen LogP contribution in [0, 0.1) is 5.92 Å². The number of esters is 1. The second kappa shape index (κ2) is 3.88. The van der Waals surface area contributed by atoms with Gasteiger partial charge >= 0.3 is 5.97 Å². The molecule has 2 heterocycles. The summed E-state index contributed by atoms with van der Waals surface area (Å²) in [5.74, 6) is -2.92. The number of nitrogens with zero attached hydrogens (tertiary/aromatic N) is 1. The van der Waals surface area contributed by atoms with Gasteiger partial charge in [-0.05, 0) is 19.3 Å². The molecule has 0 aromatic carbocycles. The Labute approximate surface area is 98.3 Å². The Morgan fingerprint density at radius 3 is 2.88 bits per heavy atom. The summed E-state index contributed by atoms with van der Waals surface area (Å²) in [6.07, 6.45) is 2.45. The van der Waals surface area contributed by atoms with Gasteiger partial charge < -0.3 is 10.1 Å². The molecule has 2 saturated heterocycles. The molecule has 3 fully saturated rings. The molecule has 2 aliphatic heterocycles. The number of carbonyl (C=O) groups is 1. The molecule has 0 radical (unpaired) electrons. The first-order valence-corrected chi connectivity index (χ1v) is 6.10. The summed E-state index contributed by atoms with van der Waals surface area (Å²) in [5.41, 5.74) is 0. The van der Waals surface area contributed by atoms with Crippen LogP contribution < -0.4 is 5.32 Å². The van der Waals surface area contributed by atoms with E-state index >= 15 is 0 Å². The normalized spacial score (nSPS) is 35.9. The fourth-order valence-electron chi connectivity index (χ4n) is 2.73. The predicted molar refractivity (Wildman–Crippen MR) is 55.5 cm³/mol. The van der Waals surface area contributed by atoms with Crippen LogP contribution in [0.3, 0.4) is 0 Å². The molecule has 96 valence electrons. The lowest BCUT2D eigenvalue weighted by Gasteiger charge is -2.27. The summed E-state index contributed by atoms with van der Waals surface area (Å²) in [7, 11) is 0. The summed E-state index contributed by atoms with van der Waals surface area (Å²) < 4.78 is 32.3. The summed E-state index contributed by atoms with van der Waals surface area (Å²) >= 11 is 0. The largest absolute Gasteiger partial charge is 0.449 e. The number of rotatable bonds is 3. The van der Waals surface area contributed by atoms with E-state index < -0.39 is 12.0 Å². The van der Waals surface area contributed by atoms with E-state index in [-0.39, 0.29) is 31.2 Å². The molecular weight excluding hydrogens is 230 g/mol. The standard InChI is InChI=1S/C11H16F2N2O2/c12-11(13)5-14-8-3-4-15(9(8)11)6-17-10(16)7-1-2-7/h7-9,14H,1-6H2. The molecule has 0 aromatic rings. The zero-order valence-corrected chi connectivity index (χ0v) is 9.49. The minimum absolute atomic E-state index is 0.00771. The van der Waals surface area contributed by atoms with Crippen molar-refractivity contribution in [3.05, 3.63) is 0 Å². The van der Waals surface area contributed by atoms with Crippen LogP contribution in [0.15, 0.2) is 0 Å². The van der Waals surface area contributed by atoms with Gasteiger partial charge in [-0.15, -0.1) is 0 Å². The predicted octanol–water partition coefficient (Wildman–Crippen LogP) is 0.578. The first kappa shape index (κ1) is 11.3. The van der Waals surface area contributed by atoms with Gasteiger partial charge in [0.05, 0.1) is 18.5 Å². The molecule has 0 spiro atoms. The average Bonchev–Trinajstić information content (AvgIpc) is 2.97. The molecule has 0 aromatic heterocycles. The second-order valence-electron chi connectivity index (χ2n) is 5.16. The number of alkyl halides is 2. The quantitative estimate of drug-likeness (QED) is 0.740. The van der Waals surface area contributed by atoms with Gasteiger partial charge in [0.1, 0.15) is 6.73 Å². The molecule has 1 aliphatic carbocycles. The summed E-state index contributed by atoms with van der Waals surface area (Å²) in [5, 5.41) is 2.83. The van der Waals surface area contributed by atoms with E-state index in [0.29, 0.717) is 13.0 Å². The number of fused-ring (bicyclic) bond motifs is 1. The molecule has 2 atom stereocenters. The summed E-state index contributed by atoms with van der Waals surface area (Å²) in [4.78, 5) is 13.0. The van der Waals surface area contributed by atoms with Gasteiger partial charge in [-0.25, -0.2) is 8.78 Å². The highest BCUT2D eigenvalue weighted by molar-refractivity contribution is 5.74. The zero-order valence-electron chi connectivity index (χ0n) is 9.49. The van der Waals surface area contributed by atoms with E-state index in [9.17, 15) is 13.6 Å². The number of hydrogen-bond acceptors (Lipinski definition) is 4. The Morgan fingerprint density at radius 1 is 1.41 bits per heavy atom. The van der Waals surface area contributed by atoms with Gasteiger partial charge in [0.15, 0.2) is 0 Å². The maximum atomic E-state index is 13.6. The van der Waals surface area contributed by atoms with Crippen molar-refractivity contribution in [1.29, 1.82) is 0 Å². The fraction of sp³-hybridized carbons (Fsp3) is 0.909. The molecule has 0 bridgehead atoms. The Hall–Kier alpha value is -0.750. The minimum Gasteiger partial charge on any atom is -0.449 e. The Balaban J connectivity index is 1.58. The fourth-order valence-corrected chi connectivity index (χ4v) is 2.73. The third-order valence-electron chi connectivity index (χ3n) is 3.82. The van der Waals surface area contributed by atoms with Gasteiger partial charge in [0, 0.05) is 12.6 Å². The number of halogens is 2. The van der Waals surface area contributed by atoms with Crippen LogP contribution in [0.25, 0.3) is 0 Å². The molecule has 1 N–H and O–H groups in total. The van der Waals surface area contributed by atoms with Crippen molar-refractivity contribution >= 4 is 5.97 Å². The number of carbonyl (C=O) groups excluding carboxylic acids is 1. The van der Waals surface area contributed by atoms with Crippen molar-refractivity contribution in [2.24, 2.45) is 5.92 Å². The highest BCUT2D eigenvalue weighted by Gasteiger charge is 2.55. The maximum absolute atomic E-state index is 13.6. The number of nitrogens with one attached hydrogen (secondary N) is 1. The lowest BCUT2D eigenvalue weighted by atomic mass is 10.1. The van der Waals surface area contributed by atoms with Gasteiger partial charge in [-0.1, -0.05) is 0 Å². The van der Waals surface area contributed by atoms with Gasteiger partial charge in [0.2, 0.25) is 0 Å². The molecule has 2 unspecified atom stereocenters. The highest BCUT2D eigenvalue weighted by atomic mass is 19.3. The van der Waals surface area contributed by atoms with Crippen LogP contribution >= 0.6 is 0 Å². The minimum atomic E-state index is -2.72. The van der Waals surface area contributed by atoms with Crippen molar-refractivity contribution < 1.29 is 18.3 Å². The SMILES string of the molecule is O=C(OCN1CCC2NCC(F)(F)C21)C1CC1. The van der Waals surface area contributed by atoms with E-state index in [0.717, 1.165) is 12.8 Å². The number of ether oxygens (including phenoxy) is 1. The smallest absolute Gasteiger partial charge is 0.310 e. The zero-order chi connectivity index (χ0) is 12.0. The number of hydrogen-bond donors (Lipinski definition) is 1. The van der Waals surface area contributed by atoms with Crippen molar-refractivity contribution in [1.82, 2.24) is 10.2 Å². The van der Waals surface area contributed by atoms with E-state index in [4.69, 9.17) is 4.74 Å². The molecule has 6 heteroatoms. The van der Waals surface area contributed by atoms with Gasteiger partial charge in [-0.2, -0.15) is 0 Å². The Morgan fingerprint density at radius 2 is 2.18 bits per heavy atom. The Kier molecular flexibility index (Phi) is 2.59. The van der Waals surface area contributed by atoms with Gasteiger partial charge in [0.25, 0.3) is 5.92 Å². The Bertz CT molecular complexity index is 333. The van der Waals surface area contributed by atoms with E-state index in [1.54, 1.807) is 4.90 Å². The van der Waals surface area contributed by atoms with Crippen molar-refractivity contribution in [3.8, 4) is 0 Å². The highest BCUT2D eigenvalue weighted by Crippen LogP contribution is 2.36. The van der Waals surface area contributed by atoms with Crippen LogP contribution in [-0.2, 0) is 9.53 Å². The monoisotopic (exact) mass is 246 g/mol. The lowest BCUT2D eigenvalue weighted by Crippen LogP contribution is -2.46. The van der Waals surface area contributed by atoms with Crippen LogP contribution in [0.5, 0.6) is 0 Å². The molecule has 3 aliphatic rings. The first-order chi connectivity index (χ1) is 8.08. The molecular formula is C11H16F2N2O2. The van der Waals surface area contributed by atoms with E-state index in [2.05, 4.69) is 5.32 Å². The van der Waals surface area contributed by atoms with E-state index in [1.807, 2.05) is 0 Å². The maximum Gasteiger partial charge on any atom is 0.310 e. The third kappa shape index (κ3) is 2.04. The van der Waals surface area contributed by atoms with Crippen LogP contribution in [0.1, 0.15) is 19.3 Å². The number of likely N-dealkylation sites (tertiary alicyclic amines) is 1. The first-order valence-electron chi connectivity index (χ1n) is 6.10. The van der Waals surface area contributed by atoms with Crippen LogP contribution in [0.4, 0.5) is 8.78 Å². The van der Waals surface area contributed by atoms with E-state index in [1.165, 1.54) is 0 Å². The van der Waals surface area contributed by atoms with Crippen LogP contribution in [0.2, 0.25) is 0 Å². The van der Waals surface area contributed by atoms with Gasteiger partial charge in [-0.3, -0.25) is 9.69 Å². The van der Waals surface area contributed by atoms with Crippen molar-refractivity contribution in [2.45, 2.75) is 37.3 Å². The molecule has 0 amide bonds. The topological polar surface area (TPSA) is 41.6 Å². The van der Waals surface area contributed by atoms with Crippen molar-refractivity contribution in [2.75, 3.05) is 19.8 Å². The average molecular weight is 246 g/mol. The van der Waals surface area contributed by atoms with Crippen LogP contribution in [-0.4, -0.2) is 48.7 Å². The lowest BCUT2D eigenvalue weighted by molar-refractivity contribution is -0.153.